The first-order valence-electron chi connectivity index (χ1n) is 8.06. The molecule has 2 atom stereocenters. The van der Waals surface area contributed by atoms with Gasteiger partial charge in [0.1, 0.15) is 0 Å². The van der Waals surface area contributed by atoms with Gasteiger partial charge in [-0.15, -0.1) is 0 Å². The fraction of sp³-hybridized carbons (Fsp3) is 0.556. The predicted molar refractivity (Wildman–Crippen MR) is 88.5 cm³/mol. The Morgan fingerprint density at radius 2 is 2.13 bits per heavy atom. The summed E-state index contributed by atoms with van der Waals surface area (Å²) < 4.78 is 0. The van der Waals surface area contributed by atoms with E-state index in [0.717, 1.165) is 18.4 Å². The number of carbonyl (C=O) groups is 2. The first kappa shape index (κ1) is 16.3. The molecule has 1 saturated carbocycles. The average molecular weight is 336 g/mol. The van der Waals surface area contributed by atoms with Gasteiger partial charge in [0.2, 0.25) is 5.91 Å². The zero-order valence-electron chi connectivity index (χ0n) is 13.5. The van der Waals surface area contributed by atoms with Crippen molar-refractivity contribution < 1.29 is 14.7 Å². The maximum Gasteiger partial charge on any atom is 0.311 e. The van der Waals surface area contributed by atoms with Crippen LogP contribution >= 0.6 is 11.6 Å². The van der Waals surface area contributed by atoms with Crippen LogP contribution in [0.4, 0.5) is 0 Å². The Kier molecular flexibility index (Phi) is 3.91. The highest BCUT2D eigenvalue weighted by atomic mass is 35.5. The van der Waals surface area contributed by atoms with Crippen LogP contribution in [0.15, 0.2) is 24.3 Å². The van der Waals surface area contributed by atoms with E-state index in [4.69, 9.17) is 11.6 Å². The highest BCUT2D eigenvalue weighted by Crippen LogP contribution is 2.49. The molecule has 1 aromatic rings. The van der Waals surface area contributed by atoms with Gasteiger partial charge in [-0.25, -0.2) is 0 Å². The number of rotatable bonds is 3. The SMILES string of the molecule is CC(C)(C(=O)N1C[C@@H]2CCC[C@@]2(C(=O)O)C1)c1cccc(Cl)c1. The fourth-order valence-corrected chi connectivity index (χ4v) is 4.38. The molecule has 1 amide bonds. The number of carboxylic acids is 1. The van der Waals surface area contributed by atoms with E-state index in [-0.39, 0.29) is 11.8 Å². The zero-order chi connectivity index (χ0) is 16.8. The Bertz CT molecular complexity index is 657. The number of nitrogens with zero attached hydrogens (tertiary/aromatic N) is 1. The number of amides is 1. The predicted octanol–water partition coefficient (Wildman–Crippen LogP) is 3.33. The zero-order valence-corrected chi connectivity index (χ0v) is 14.3. The molecule has 1 heterocycles. The van der Waals surface area contributed by atoms with Crippen molar-refractivity contribution in [3.05, 3.63) is 34.9 Å². The second-order valence-electron chi connectivity index (χ2n) is 7.37. The number of hydrogen-bond acceptors (Lipinski definition) is 2. The third-order valence-electron chi connectivity index (χ3n) is 5.66. The Balaban J connectivity index is 1.85. The lowest BCUT2D eigenvalue weighted by atomic mass is 9.81. The van der Waals surface area contributed by atoms with Gasteiger partial charge >= 0.3 is 5.97 Å². The molecule has 2 aliphatic rings. The van der Waals surface area contributed by atoms with Gasteiger partial charge in [0.25, 0.3) is 0 Å². The Morgan fingerprint density at radius 3 is 2.74 bits per heavy atom. The number of likely N-dealkylation sites (tertiary alicyclic amines) is 1. The van der Waals surface area contributed by atoms with Crippen LogP contribution in [0, 0.1) is 11.3 Å². The molecule has 0 bridgehead atoms. The van der Waals surface area contributed by atoms with E-state index < -0.39 is 16.8 Å². The number of carbonyl (C=O) groups excluding carboxylic acids is 1. The summed E-state index contributed by atoms with van der Waals surface area (Å²) in [5, 5.41) is 10.3. The van der Waals surface area contributed by atoms with Crippen molar-refractivity contribution in [3.8, 4) is 0 Å². The highest BCUT2D eigenvalue weighted by molar-refractivity contribution is 6.30. The summed E-state index contributed by atoms with van der Waals surface area (Å²) in [7, 11) is 0. The van der Waals surface area contributed by atoms with Crippen molar-refractivity contribution in [3.63, 3.8) is 0 Å². The highest BCUT2D eigenvalue weighted by Gasteiger charge is 2.56. The molecule has 1 aliphatic carbocycles. The average Bonchev–Trinajstić information content (AvgIpc) is 3.04. The summed E-state index contributed by atoms with van der Waals surface area (Å²) in [4.78, 5) is 26.6. The van der Waals surface area contributed by atoms with Gasteiger partial charge in [-0.2, -0.15) is 0 Å². The first-order chi connectivity index (χ1) is 10.8. The molecule has 2 fully saturated rings. The van der Waals surface area contributed by atoms with Gasteiger partial charge in [-0.3, -0.25) is 9.59 Å². The van der Waals surface area contributed by atoms with Crippen LogP contribution in [0.2, 0.25) is 5.02 Å². The minimum Gasteiger partial charge on any atom is -0.481 e. The summed E-state index contributed by atoms with van der Waals surface area (Å²) in [6, 6.07) is 7.33. The maximum atomic E-state index is 13.1. The number of benzene rings is 1. The van der Waals surface area contributed by atoms with Crippen LogP contribution in [0.3, 0.4) is 0 Å². The summed E-state index contributed by atoms with van der Waals surface area (Å²) in [6.07, 6.45) is 2.51. The van der Waals surface area contributed by atoms with Crippen LogP contribution in [-0.2, 0) is 15.0 Å². The number of halogens is 1. The molecule has 0 radical (unpaired) electrons. The molecule has 124 valence electrons. The van der Waals surface area contributed by atoms with Gasteiger partial charge in [0.15, 0.2) is 0 Å². The topological polar surface area (TPSA) is 57.6 Å². The molecule has 0 spiro atoms. The molecule has 23 heavy (non-hydrogen) atoms. The lowest BCUT2D eigenvalue weighted by Crippen LogP contribution is -2.44. The van der Waals surface area contributed by atoms with Crippen LogP contribution in [-0.4, -0.2) is 35.0 Å². The molecule has 1 N–H and O–H groups in total. The van der Waals surface area contributed by atoms with Crippen molar-refractivity contribution >= 4 is 23.5 Å². The first-order valence-corrected chi connectivity index (χ1v) is 8.44. The standard InChI is InChI=1S/C18H22ClNO3/c1-17(2,12-5-3-7-14(19)9-12)15(21)20-10-13-6-4-8-18(13,11-20)16(22)23/h3,5,7,9,13H,4,6,8,10-11H2,1-2H3,(H,22,23)/t13-,18+/m0/s1. The number of aliphatic carboxylic acids is 1. The molecule has 1 aromatic carbocycles. The Morgan fingerprint density at radius 1 is 1.39 bits per heavy atom. The smallest absolute Gasteiger partial charge is 0.311 e. The van der Waals surface area contributed by atoms with E-state index in [1.807, 2.05) is 32.0 Å². The molecule has 0 aromatic heterocycles. The van der Waals surface area contributed by atoms with E-state index in [2.05, 4.69) is 0 Å². The van der Waals surface area contributed by atoms with Crippen LogP contribution in [0.5, 0.6) is 0 Å². The molecular weight excluding hydrogens is 314 g/mol. The van der Waals surface area contributed by atoms with Gasteiger partial charge in [-0.1, -0.05) is 30.2 Å². The third-order valence-corrected chi connectivity index (χ3v) is 5.90. The number of hydrogen-bond donors (Lipinski definition) is 1. The summed E-state index contributed by atoms with van der Waals surface area (Å²) >= 11 is 6.05. The minimum atomic E-state index is -0.754. The Hall–Kier alpha value is -1.55. The second-order valence-corrected chi connectivity index (χ2v) is 7.81. The summed E-state index contributed by atoms with van der Waals surface area (Å²) in [6.45, 7) is 4.63. The largest absolute Gasteiger partial charge is 0.481 e. The van der Waals surface area contributed by atoms with Crippen molar-refractivity contribution in [2.75, 3.05) is 13.1 Å². The Labute approximate surface area is 141 Å². The lowest BCUT2D eigenvalue weighted by Gasteiger charge is -2.31. The van der Waals surface area contributed by atoms with E-state index in [1.165, 1.54) is 0 Å². The fourth-order valence-electron chi connectivity index (χ4n) is 4.19. The molecule has 1 aliphatic heterocycles. The number of fused-ring (bicyclic) bond motifs is 1. The maximum absolute atomic E-state index is 13.1. The molecule has 0 unspecified atom stereocenters. The molecule has 4 nitrogen and oxygen atoms in total. The lowest BCUT2D eigenvalue weighted by molar-refractivity contribution is -0.149. The molecular formula is C18H22ClNO3. The normalized spacial score (nSPS) is 27.1. The second kappa shape index (κ2) is 5.52. The van der Waals surface area contributed by atoms with E-state index in [9.17, 15) is 14.7 Å². The summed E-state index contributed by atoms with van der Waals surface area (Å²) in [5.74, 6) is -0.690. The molecule has 5 heteroatoms. The van der Waals surface area contributed by atoms with Crippen molar-refractivity contribution in [2.45, 2.75) is 38.5 Å². The third kappa shape index (κ3) is 2.53. The van der Waals surface area contributed by atoms with Gasteiger partial charge in [0.05, 0.1) is 10.8 Å². The summed E-state index contributed by atoms with van der Waals surface area (Å²) in [5.41, 5.74) is -0.597. The van der Waals surface area contributed by atoms with Crippen molar-refractivity contribution in [2.24, 2.45) is 11.3 Å². The van der Waals surface area contributed by atoms with Gasteiger partial charge in [-0.05, 0) is 50.3 Å². The number of carboxylic acid groups (broad SMARTS) is 1. The van der Waals surface area contributed by atoms with E-state index in [0.29, 0.717) is 24.5 Å². The minimum absolute atomic E-state index is 0.0187. The van der Waals surface area contributed by atoms with Crippen LogP contribution in [0.1, 0.15) is 38.7 Å². The van der Waals surface area contributed by atoms with E-state index in [1.54, 1.807) is 11.0 Å². The van der Waals surface area contributed by atoms with Crippen LogP contribution < -0.4 is 0 Å². The quantitative estimate of drug-likeness (QED) is 0.921. The molecule has 1 saturated heterocycles. The van der Waals surface area contributed by atoms with Gasteiger partial charge < -0.3 is 10.0 Å². The van der Waals surface area contributed by atoms with E-state index >= 15 is 0 Å². The van der Waals surface area contributed by atoms with Crippen molar-refractivity contribution in [1.82, 2.24) is 4.90 Å². The van der Waals surface area contributed by atoms with Gasteiger partial charge in [0, 0.05) is 18.1 Å². The monoisotopic (exact) mass is 335 g/mol. The molecule has 3 rings (SSSR count). The van der Waals surface area contributed by atoms with Crippen LogP contribution in [0.25, 0.3) is 0 Å². The van der Waals surface area contributed by atoms with Crippen molar-refractivity contribution in [1.29, 1.82) is 0 Å².